The molecule has 23 heavy (non-hydrogen) atoms. The highest BCUT2D eigenvalue weighted by molar-refractivity contribution is 5.82. The third-order valence-electron chi connectivity index (χ3n) is 4.19. The first-order valence-corrected chi connectivity index (χ1v) is 7.94. The van der Waals surface area contributed by atoms with E-state index in [0.29, 0.717) is 12.0 Å². The highest BCUT2D eigenvalue weighted by Crippen LogP contribution is 2.10. The van der Waals surface area contributed by atoms with Crippen molar-refractivity contribution in [2.45, 2.75) is 26.2 Å². The molecule has 1 aromatic carbocycles. The van der Waals surface area contributed by atoms with Crippen LogP contribution >= 0.6 is 0 Å². The number of quaternary nitrogens is 1. The van der Waals surface area contributed by atoms with Gasteiger partial charge in [-0.1, -0.05) is 6.92 Å². The zero-order valence-electron chi connectivity index (χ0n) is 13.3. The second kappa shape index (κ2) is 8.38. The largest absolute Gasteiger partial charge is 0.334 e. The summed E-state index contributed by atoms with van der Waals surface area (Å²) in [6.07, 6.45) is 4.41. The molecule has 1 heterocycles. The smallest absolute Gasteiger partial charge is 0.269 e. The molecule has 2 rings (SSSR count). The Hall–Kier alpha value is -2.28. The number of carbonyl (C=O) groups excluding carboxylic acids is 1. The molecule has 1 amide bonds. The Labute approximate surface area is 135 Å². The summed E-state index contributed by atoms with van der Waals surface area (Å²) in [6.45, 7) is 5.39. The first-order valence-electron chi connectivity index (χ1n) is 7.94. The van der Waals surface area contributed by atoms with Crippen molar-refractivity contribution in [3.05, 3.63) is 39.9 Å². The van der Waals surface area contributed by atoms with Crippen LogP contribution < -0.4 is 10.3 Å². The third kappa shape index (κ3) is 5.78. The van der Waals surface area contributed by atoms with Crippen LogP contribution in [0.15, 0.2) is 29.4 Å². The maximum atomic E-state index is 11.8. The maximum absolute atomic E-state index is 11.8. The van der Waals surface area contributed by atoms with Crippen LogP contribution in [-0.2, 0) is 4.79 Å². The van der Waals surface area contributed by atoms with Gasteiger partial charge in [-0.05, 0) is 36.5 Å². The first-order chi connectivity index (χ1) is 11.0. The van der Waals surface area contributed by atoms with Crippen molar-refractivity contribution in [3.8, 4) is 0 Å². The summed E-state index contributed by atoms with van der Waals surface area (Å²) in [5.74, 6) is 0.702. The van der Waals surface area contributed by atoms with Crippen molar-refractivity contribution in [2.24, 2.45) is 11.0 Å². The average Bonchev–Trinajstić information content (AvgIpc) is 2.55. The van der Waals surface area contributed by atoms with E-state index in [9.17, 15) is 14.9 Å². The van der Waals surface area contributed by atoms with Crippen LogP contribution in [0.2, 0.25) is 0 Å². The SMILES string of the molecule is CC1CC[NH+](CCC(=O)N/N=C\c2ccc([N+](=O)[O-])cc2)CC1. The van der Waals surface area contributed by atoms with Crippen molar-refractivity contribution >= 4 is 17.8 Å². The molecule has 7 heteroatoms. The van der Waals surface area contributed by atoms with Crippen LogP contribution in [0.4, 0.5) is 5.69 Å². The maximum Gasteiger partial charge on any atom is 0.269 e. The molecule has 1 saturated heterocycles. The van der Waals surface area contributed by atoms with E-state index in [1.807, 2.05) is 0 Å². The van der Waals surface area contributed by atoms with Gasteiger partial charge in [0.2, 0.25) is 5.91 Å². The Morgan fingerprint density at radius 1 is 1.39 bits per heavy atom. The van der Waals surface area contributed by atoms with Gasteiger partial charge < -0.3 is 4.90 Å². The average molecular weight is 319 g/mol. The summed E-state index contributed by atoms with van der Waals surface area (Å²) >= 11 is 0. The lowest BCUT2D eigenvalue weighted by Gasteiger charge is -2.26. The number of rotatable bonds is 6. The highest BCUT2D eigenvalue weighted by Gasteiger charge is 2.19. The summed E-state index contributed by atoms with van der Waals surface area (Å²) in [4.78, 5) is 23.3. The van der Waals surface area contributed by atoms with Gasteiger partial charge >= 0.3 is 0 Å². The molecule has 1 aromatic rings. The third-order valence-corrected chi connectivity index (χ3v) is 4.19. The van der Waals surface area contributed by atoms with Gasteiger partial charge in [0.05, 0.1) is 37.2 Å². The molecular weight excluding hydrogens is 296 g/mol. The fourth-order valence-electron chi connectivity index (χ4n) is 2.63. The number of non-ortho nitro benzene ring substituents is 1. The Bertz CT molecular complexity index is 563. The quantitative estimate of drug-likeness (QED) is 0.461. The molecule has 1 aliphatic rings. The number of carbonyl (C=O) groups is 1. The molecule has 0 unspecified atom stereocenters. The number of nitrogens with zero attached hydrogens (tertiary/aromatic N) is 2. The number of nitro benzene ring substituents is 1. The summed E-state index contributed by atoms with van der Waals surface area (Å²) in [6, 6.07) is 5.99. The number of benzene rings is 1. The number of hydrogen-bond donors (Lipinski definition) is 2. The second-order valence-electron chi connectivity index (χ2n) is 6.07. The summed E-state index contributed by atoms with van der Waals surface area (Å²) in [7, 11) is 0. The number of likely N-dealkylation sites (tertiary alicyclic amines) is 1. The summed E-state index contributed by atoms with van der Waals surface area (Å²) in [5, 5.41) is 14.4. The van der Waals surface area contributed by atoms with Crippen LogP contribution in [0.3, 0.4) is 0 Å². The van der Waals surface area contributed by atoms with Crippen LogP contribution in [-0.4, -0.2) is 36.7 Å². The topological polar surface area (TPSA) is 89.0 Å². The van der Waals surface area contributed by atoms with Gasteiger partial charge in [-0.3, -0.25) is 14.9 Å². The molecule has 1 fully saturated rings. The number of nitro groups is 1. The molecule has 2 N–H and O–H groups in total. The van der Waals surface area contributed by atoms with Crippen molar-refractivity contribution < 1.29 is 14.6 Å². The lowest BCUT2D eigenvalue weighted by molar-refractivity contribution is -0.905. The van der Waals surface area contributed by atoms with E-state index < -0.39 is 4.92 Å². The number of nitrogens with one attached hydrogen (secondary N) is 2. The lowest BCUT2D eigenvalue weighted by atomic mass is 9.99. The molecule has 0 bridgehead atoms. The minimum atomic E-state index is -0.452. The standard InChI is InChI=1S/C16H22N4O3/c1-13-6-9-19(10-7-13)11-8-16(21)18-17-12-14-2-4-15(5-3-14)20(22)23/h2-5,12-13H,6-11H2,1H3,(H,18,21)/p+1/b17-12-. The van der Waals surface area contributed by atoms with Gasteiger partial charge in [0.25, 0.3) is 5.69 Å². The summed E-state index contributed by atoms with van der Waals surface area (Å²) < 4.78 is 0. The van der Waals surface area contributed by atoms with Crippen molar-refractivity contribution in [3.63, 3.8) is 0 Å². The van der Waals surface area contributed by atoms with Crippen molar-refractivity contribution in [1.29, 1.82) is 0 Å². The normalized spacial score (nSPS) is 21.3. The Morgan fingerprint density at radius 2 is 2.04 bits per heavy atom. The van der Waals surface area contributed by atoms with Crippen LogP contribution in [0.25, 0.3) is 0 Å². The highest BCUT2D eigenvalue weighted by atomic mass is 16.6. The minimum Gasteiger partial charge on any atom is -0.334 e. The fourth-order valence-corrected chi connectivity index (χ4v) is 2.63. The van der Waals surface area contributed by atoms with E-state index in [2.05, 4.69) is 17.5 Å². The molecular formula is C16H23N4O3+. The fraction of sp³-hybridized carbons (Fsp3) is 0.500. The predicted molar refractivity (Wildman–Crippen MR) is 87.4 cm³/mol. The molecule has 0 aromatic heterocycles. The molecule has 0 atom stereocenters. The van der Waals surface area contributed by atoms with E-state index in [1.54, 1.807) is 12.1 Å². The molecule has 124 valence electrons. The number of piperidine rings is 1. The van der Waals surface area contributed by atoms with Crippen LogP contribution in [0.5, 0.6) is 0 Å². The van der Waals surface area contributed by atoms with E-state index in [1.165, 1.54) is 36.1 Å². The predicted octanol–water partition coefficient (Wildman–Crippen LogP) is 0.750. The van der Waals surface area contributed by atoms with Crippen molar-refractivity contribution in [1.82, 2.24) is 5.43 Å². The summed E-state index contributed by atoms with van der Waals surface area (Å²) in [5.41, 5.74) is 3.23. The monoisotopic (exact) mass is 319 g/mol. The van der Waals surface area contributed by atoms with Crippen molar-refractivity contribution in [2.75, 3.05) is 19.6 Å². The number of hydrogen-bond acceptors (Lipinski definition) is 4. The van der Waals surface area contributed by atoms with Gasteiger partial charge in [-0.25, -0.2) is 5.43 Å². The minimum absolute atomic E-state index is 0.0324. The van der Waals surface area contributed by atoms with Gasteiger partial charge in [0, 0.05) is 12.1 Å². The zero-order chi connectivity index (χ0) is 16.7. The molecule has 0 radical (unpaired) electrons. The van der Waals surface area contributed by atoms with Gasteiger partial charge in [-0.2, -0.15) is 5.10 Å². The van der Waals surface area contributed by atoms with E-state index in [-0.39, 0.29) is 11.6 Å². The lowest BCUT2D eigenvalue weighted by Crippen LogP contribution is -3.13. The molecule has 7 nitrogen and oxygen atoms in total. The zero-order valence-corrected chi connectivity index (χ0v) is 13.3. The van der Waals surface area contributed by atoms with Gasteiger partial charge in [0.1, 0.15) is 0 Å². The molecule has 0 spiro atoms. The number of amides is 1. The molecule has 0 saturated carbocycles. The molecule has 1 aliphatic heterocycles. The Morgan fingerprint density at radius 3 is 2.65 bits per heavy atom. The number of hydrazone groups is 1. The van der Waals surface area contributed by atoms with Crippen LogP contribution in [0, 0.1) is 16.0 Å². The second-order valence-corrected chi connectivity index (χ2v) is 6.07. The van der Waals surface area contributed by atoms with Gasteiger partial charge in [-0.15, -0.1) is 0 Å². The first kappa shape index (κ1) is 17.1. The Kier molecular flexibility index (Phi) is 6.22. The van der Waals surface area contributed by atoms with Crippen LogP contribution in [0.1, 0.15) is 31.7 Å². The van der Waals surface area contributed by atoms with E-state index in [0.717, 1.165) is 25.6 Å². The van der Waals surface area contributed by atoms with Gasteiger partial charge in [0.15, 0.2) is 0 Å². The molecule has 0 aliphatic carbocycles. The van der Waals surface area contributed by atoms with E-state index >= 15 is 0 Å². The Balaban J connectivity index is 1.70. The van der Waals surface area contributed by atoms with E-state index in [4.69, 9.17) is 0 Å².